The van der Waals surface area contributed by atoms with Crippen molar-refractivity contribution in [2.24, 2.45) is 0 Å². The Labute approximate surface area is 197 Å². The Morgan fingerprint density at radius 1 is 1.12 bits per heavy atom. The van der Waals surface area contributed by atoms with E-state index in [1.54, 1.807) is 23.1 Å². The summed E-state index contributed by atoms with van der Waals surface area (Å²) in [7, 11) is -3.97. The van der Waals surface area contributed by atoms with E-state index in [-0.39, 0.29) is 5.75 Å². The number of para-hydroxylation sites is 2. The van der Waals surface area contributed by atoms with E-state index in [1.807, 2.05) is 12.1 Å². The van der Waals surface area contributed by atoms with Crippen LogP contribution in [0.2, 0.25) is 0 Å². The van der Waals surface area contributed by atoms with Crippen LogP contribution >= 0.6 is 23.1 Å². The number of hydrogen-bond donors (Lipinski definition) is 1. The second kappa shape index (κ2) is 9.79. The van der Waals surface area contributed by atoms with Crippen molar-refractivity contribution in [2.75, 3.05) is 17.2 Å². The molecule has 168 valence electrons. The molecule has 0 unspecified atom stereocenters. The van der Waals surface area contributed by atoms with Gasteiger partial charge >= 0.3 is 0 Å². The molecule has 1 aromatic heterocycles. The van der Waals surface area contributed by atoms with Gasteiger partial charge in [0.05, 0.1) is 16.5 Å². The molecule has 0 fully saturated rings. The zero-order valence-electron chi connectivity index (χ0n) is 18.2. The number of hydrogen-bond acceptors (Lipinski definition) is 5. The molecule has 8 heteroatoms. The molecule has 5 nitrogen and oxygen atoms in total. The molecule has 0 spiro atoms. The Hall–Kier alpha value is -2.13. The van der Waals surface area contributed by atoms with Gasteiger partial charge in [0, 0.05) is 30.0 Å². The molecular formula is C24H27N2O3S3+. The third-order valence-corrected chi connectivity index (χ3v) is 8.43. The van der Waals surface area contributed by atoms with E-state index in [2.05, 4.69) is 71.9 Å². The van der Waals surface area contributed by atoms with Crippen molar-refractivity contribution in [1.29, 1.82) is 0 Å². The predicted octanol–water partition coefficient (Wildman–Crippen LogP) is 5.73. The minimum Gasteiger partial charge on any atom is -0.335 e. The highest BCUT2D eigenvalue weighted by molar-refractivity contribution is 8.03. The molecule has 0 aliphatic carbocycles. The van der Waals surface area contributed by atoms with E-state index in [0.717, 1.165) is 28.2 Å². The number of aromatic nitrogens is 1. The van der Waals surface area contributed by atoms with Gasteiger partial charge in [-0.3, -0.25) is 4.55 Å². The summed E-state index contributed by atoms with van der Waals surface area (Å²) in [5, 5.41) is 2.31. The number of aryl methyl sites for hydroxylation is 1. The van der Waals surface area contributed by atoms with Crippen molar-refractivity contribution in [1.82, 2.24) is 0 Å². The van der Waals surface area contributed by atoms with Crippen LogP contribution in [0.25, 0.3) is 16.3 Å². The van der Waals surface area contributed by atoms with Crippen LogP contribution in [-0.4, -0.2) is 25.3 Å². The smallest absolute Gasteiger partial charge is 0.265 e. The topological polar surface area (TPSA) is 61.5 Å². The molecule has 0 saturated heterocycles. The highest BCUT2D eigenvalue weighted by Gasteiger charge is 2.24. The Balaban J connectivity index is 1.69. The minimum absolute atomic E-state index is 0.238. The van der Waals surface area contributed by atoms with Crippen LogP contribution in [0.5, 0.6) is 0 Å². The molecule has 0 atom stereocenters. The van der Waals surface area contributed by atoms with Gasteiger partial charge in [-0.05, 0) is 43.2 Å². The number of fused-ring (bicyclic) bond motifs is 2. The molecule has 0 radical (unpaired) electrons. The lowest BCUT2D eigenvalue weighted by atomic mass is 10.2. The third kappa shape index (κ3) is 5.09. The van der Waals surface area contributed by atoms with Crippen molar-refractivity contribution in [3.05, 3.63) is 70.2 Å². The molecule has 2 aromatic carbocycles. The summed E-state index contributed by atoms with van der Waals surface area (Å²) < 4.78 is 34.9. The van der Waals surface area contributed by atoms with E-state index in [1.165, 1.54) is 21.2 Å². The number of allylic oxidation sites excluding steroid dienone is 2. The number of anilines is 1. The fourth-order valence-electron chi connectivity index (χ4n) is 3.85. The monoisotopic (exact) mass is 487 g/mol. The van der Waals surface area contributed by atoms with Crippen LogP contribution in [0, 0.1) is 0 Å². The van der Waals surface area contributed by atoms with Gasteiger partial charge in [-0.25, -0.2) is 0 Å². The van der Waals surface area contributed by atoms with Gasteiger partial charge in [-0.2, -0.15) is 13.0 Å². The maximum Gasteiger partial charge on any atom is 0.265 e. The molecule has 32 heavy (non-hydrogen) atoms. The maximum atomic E-state index is 11.2. The van der Waals surface area contributed by atoms with E-state index in [9.17, 15) is 8.42 Å². The first-order chi connectivity index (χ1) is 15.4. The number of nitrogens with zero attached hydrogens (tertiary/aromatic N) is 2. The van der Waals surface area contributed by atoms with Crippen molar-refractivity contribution in [3.8, 4) is 0 Å². The normalized spacial score (nSPS) is 15.7. The van der Waals surface area contributed by atoms with Crippen LogP contribution in [-0.2, 0) is 16.7 Å². The number of thiazole rings is 1. The fraction of sp³-hybridized carbons (Fsp3) is 0.292. The summed E-state index contributed by atoms with van der Waals surface area (Å²) in [6, 6.07) is 16.6. The average molecular weight is 488 g/mol. The first-order valence-corrected chi connectivity index (χ1v) is 14.0. The summed E-state index contributed by atoms with van der Waals surface area (Å²) in [6.45, 7) is 5.76. The maximum absolute atomic E-state index is 11.2. The molecule has 0 amide bonds. The van der Waals surface area contributed by atoms with Gasteiger partial charge in [-0.15, -0.1) is 0 Å². The van der Waals surface area contributed by atoms with E-state index in [4.69, 9.17) is 4.55 Å². The lowest BCUT2D eigenvalue weighted by Crippen LogP contribution is -2.36. The average Bonchev–Trinajstić information content (AvgIpc) is 3.29. The molecule has 3 aromatic rings. The largest absolute Gasteiger partial charge is 0.335 e. The summed E-state index contributed by atoms with van der Waals surface area (Å²) in [5.74, 6) is -0.238. The van der Waals surface area contributed by atoms with Crippen LogP contribution in [0.15, 0.2) is 70.1 Å². The van der Waals surface area contributed by atoms with Gasteiger partial charge in [0.25, 0.3) is 15.1 Å². The summed E-state index contributed by atoms with van der Waals surface area (Å²) in [6.07, 6.45) is 5.73. The van der Waals surface area contributed by atoms with Crippen molar-refractivity contribution < 1.29 is 17.5 Å². The van der Waals surface area contributed by atoms with Gasteiger partial charge < -0.3 is 4.90 Å². The lowest BCUT2D eigenvalue weighted by molar-refractivity contribution is -0.668. The molecule has 0 bridgehead atoms. The molecule has 1 aliphatic rings. The zero-order valence-corrected chi connectivity index (χ0v) is 20.6. The summed E-state index contributed by atoms with van der Waals surface area (Å²) >= 11 is 3.50. The number of thioether (sulfide) groups is 1. The predicted molar refractivity (Wildman–Crippen MR) is 135 cm³/mol. The van der Waals surface area contributed by atoms with Gasteiger partial charge in [0.2, 0.25) is 5.52 Å². The number of rotatable bonds is 8. The van der Waals surface area contributed by atoms with E-state index in [0.29, 0.717) is 13.0 Å². The SMILES string of the molecule is CCC(=Cc1sc2ccccc2[n+]1CCCS(=O)(=O)O)C=C1Sc2ccccc2N1CC. The Bertz CT molecular complexity index is 1290. The standard InChI is InChI=1S/C24H26N2O3S3/c1-3-18(16-23-25(4-2)19-10-5-7-12-21(19)30-23)17-24-26(14-9-15-32(27,28)29)20-11-6-8-13-22(20)31-24/h5-8,10-13,16-17H,3-4,9,14-15H2,1-2H3/p+1. The summed E-state index contributed by atoms with van der Waals surface area (Å²) in [4.78, 5) is 3.62. The highest BCUT2D eigenvalue weighted by Crippen LogP contribution is 2.46. The van der Waals surface area contributed by atoms with Crippen LogP contribution in [0.1, 0.15) is 31.7 Å². The first kappa shape index (κ1) is 23.0. The second-order valence-corrected chi connectivity index (χ2v) is 11.3. The van der Waals surface area contributed by atoms with Crippen LogP contribution in [0.3, 0.4) is 0 Å². The zero-order chi connectivity index (χ0) is 22.7. The van der Waals surface area contributed by atoms with Crippen molar-refractivity contribution in [3.63, 3.8) is 0 Å². The highest BCUT2D eigenvalue weighted by atomic mass is 32.2. The van der Waals surface area contributed by atoms with Crippen LogP contribution in [0.4, 0.5) is 5.69 Å². The fourth-order valence-corrected chi connectivity index (χ4v) is 6.71. The lowest BCUT2D eigenvalue weighted by Gasteiger charge is -2.18. The van der Waals surface area contributed by atoms with E-state index < -0.39 is 10.1 Å². The second-order valence-electron chi connectivity index (χ2n) is 7.57. The molecule has 0 saturated carbocycles. The van der Waals surface area contributed by atoms with Gasteiger partial charge in [-0.1, -0.05) is 54.3 Å². The van der Waals surface area contributed by atoms with Gasteiger partial charge in [0.1, 0.15) is 4.70 Å². The minimum atomic E-state index is -3.97. The molecular weight excluding hydrogens is 460 g/mol. The Morgan fingerprint density at radius 3 is 2.62 bits per heavy atom. The Morgan fingerprint density at radius 2 is 1.88 bits per heavy atom. The molecule has 1 aliphatic heterocycles. The molecule has 2 heterocycles. The molecule has 4 rings (SSSR count). The quantitative estimate of drug-likeness (QED) is 0.325. The first-order valence-electron chi connectivity index (χ1n) is 10.7. The van der Waals surface area contributed by atoms with Crippen LogP contribution < -0.4 is 9.47 Å². The Kier molecular flexibility index (Phi) is 7.05. The van der Waals surface area contributed by atoms with Crippen molar-refractivity contribution in [2.45, 2.75) is 38.1 Å². The third-order valence-electron chi connectivity index (χ3n) is 5.40. The molecule has 1 N–H and O–H groups in total. The van der Waals surface area contributed by atoms with Gasteiger partial charge in [0.15, 0.2) is 6.54 Å². The summed E-state index contributed by atoms with van der Waals surface area (Å²) in [5.41, 5.74) is 3.55. The van der Waals surface area contributed by atoms with Crippen molar-refractivity contribution >= 4 is 55.2 Å². The number of benzene rings is 2. The van der Waals surface area contributed by atoms with E-state index >= 15 is 0 Å².